The van der Waals surface area contributed by atoms with E-state index >= 15 is 0 Å². The van der Waals surface area contributed by atoms with Crippen molar-refractivity contribution in [3.63, 3.8) is 0 Å². The molecule has 0 aliphatic heterocycles. The van der Waals surface area contributed by atoms with Crippen LogP contribution in [0.15, 0.2) is 0 Å². The average molecular weight is 160 g/mol. The van der Waals surface area contributed by atoms with Crippen molar-refractivity contribution >= 4 is 10.2 Å². The third kappa shape index (κ3) is 7.77. The van der Waals surface area contributed by atoms with Crippen LogP contribution in [0.1, 0.15) is 0 Å². The first-order valence-corrected chi connectivity index (χ1v) is 3.67. The van der Waals surface area contributed by atoms with Gasteiger partial charge in [-0.1, -0.05) is 0 Å². The van der Waals surface area contributed by atoms with Crippen LogP contribution >= 0.6 is 0 Å². The number of rotatable bonds is 4. The van der Waals surface area contributed by atoms with E-state index < -0.39 is 22.8 Å². The third-order valence-corrected chi connectivity index (χ3v) is 0.894. The molecule has 0 aromatic heterocycles. The maximum Gasteiger partial charge on any atom is 0.326 e. The average Bonchev–Trinajstić information content (AvgIpc) is 1.63. The smallest absolute Gasteiger partial charge is 0.326 e. The Morgan fingerprint density at radius 2 is 2.00 bits per heavy atom. The molecule has 0 atom stereocenters. The van der Waals surface area contributed by atoms with Gasteiger partial charge in [-0.05, 0) is 0 Å². The van der Waals surface area contributed by atoms with Gasteiger partial charge in [-0.25, -0.2) is 4.39 Å². The molecule has 0 spiro atoms. The minimum absolute atomic E-state index is 0.386. The van der Waals surface area contributed by atoms with Crippen molar-refractivity contribution in [1.82, 2.24) is 0 Å². The second-order valence-electron chi connectivity index (χ2n) is 1.25. The molecule has 0 rings (SSSR count). The quantitative estimate of drug-likeness (QED) is 0.436. The number of ether oxygens (including phenoxy) is 1. The van der Waals surface area contributed by atoms with Crippen LogP contribution in [0.2, 0.25) is 0 Å². The molecule has 0 amide bonds. The van der Waals surface area contributed by atoms with Crippen molar-refractivity contribution in [2.24, 2.45) is 0 Å². The summed E-state index contributed by atoms with van der Waals surface area (Å²) in [5.41, 5.74) is 0. The second-order valence-corrected chi connectivity index (χ2v) is 2.57. The molecule has 0 N–H and O–H groups in total. The van der Waals surface area contributed by atoms with Gasteiger partial charge in [-0.2, -0.15) is 8.42 Å². The Labute approximate surface area is 51.8 Å². The minimum atomic E-state index is -4.59. The molecule has 56 valence electrons. The second kappa shape index (κ2) is 3.73. The van der Waals surface area contributed by atoms with Crippen molar-refractivity contribution in [2.75, 3.05) is 19.2 Å². The van der Waals surface area contributed by atoms with Crippen LogP contribution in [-0.2, 0) is 15.0 Å². The molecule has 0 fully saturated rings. The highest BCUT2D eigenvalue weighted by Gasteiger charge is 2.04. The van der Waals surface area contributed by atoms with E-state index in [0.717, 1.165) is 0 Å². The van der Waals surface area contributed by atoms with Crippen LogP contribution < -0.4 is 0 Å². The Hall–Kier alpha value is -0.230. The largest absolute Gasteiger partial charge is 0.360 e. The molecule has 0 bridgehead atoms. The summed E-state index contributed by atoms with van der Waals surface area (Å²) in [6.07, 6.45) is 0. The summed E-state index contributed by atoms with van der Waals surface area (Å²) in [6.45, 7) is -1.20. The normalized spacial score (nSPS) is 11.8. The van der Waals surface area contributed by atoms with E-state index in [-0.39, 0.29) is 6.61 Å². The first kappa shape index (κ1) is 8.77. The Kier molecular flexibility index (Phi) is 3.64. The Bertz CT molecular complexity index is 152. The molecule has 0 radical (unpaired) electrons. The fourth-order valence-electron chi connectivity index (χ4n) is 0.213. The van der Waals surface area contributed by atoms with E-state index in [4.69, 9.17) is 0 Å². The highest BCUT2D eigenvalue weighted by Crippen LogP contribution is 1.90. The Morgan fingerprint density at radius 1 is 1.44 bits per heavy atom. The lowest BCUT2D eigenvalue weighted by atomic mass is 10.8. The van der Waals surface area contributed by atoms with Gasteiger partial charge in [0.15, 0.2) is 5.94 Å². The third-order valence-electron chi connectivity index (χ3n) is 0.446. The van der Waals surface area contributed by atoms with Crippen molar-refractivity contribution in [3.8, 4) is 0 Å². The maximum absolute atomic E-state index is 11.4. The van der Waals surface area contributed by atoms with Gasteiger partial charge in [0.1, 0.15) is 6.67 Å². The van der Waals surface area contributed by atoms with Crippen LogP contribution in [-0.4, -0.2) is 27.6 Å². The van der Waals surface area contributed by atoms with Crippen molar-refractivity contribution in [1.29, 1.82) is 0 Å². The lowest BCUT2D eigenvalue weighted by Crippen LogP contribution is -2.05. The lowest BCUT2D eigenvalue weighted by molar-refractivity contribution is 0.154. The first-order chi connectivity index (χ1) is 4.06. The number of alkyl halides is 1. The van der Waals surface area contributed by atoms with Gasteiger partial charge < -0.3 is 4.74 Å². The summed E-state index contributed by atoms with van der Waals surface area (Å²) in [7, 11) is -4.59. The minimum Gasteiger partial charge on any atom is -0.360 e. The first-order valence-electron chi connectivity index (χ1n) is 2.12. The van der Waals surface area contributed by atoms with E-state index in [1.54, 1.807) is 0 Å². The summed E-state index contributed by atoms with van der Waals surface area (Å²) >= 11 is 0. The van der Waals surface area contributed by atoms with Gasteiger partial charge in [0.25, 0.3) is 0 Å². The van der Waals surface area contributed by atoms with Gasteiger partial charge in [-0.3, -0.25) is 0 Å². The summed E-state index contributed by atoms with van der Waals surface area (Å²) in [6, 6.07) is 0. The molecule has 3 nitrogen and oxygen atoms in total. The standard InChI is InChI=1S/C3H6F2O3S/c4-1-2-8-3-9(5,6)7/h1-3H2. The zero-order valence-corrected chi connectivity index (χ0v) is 5.33. The number of hydrogen-bond donors (Lipinski definition) is 0. The fourth-order valence-corrected chi connectivity index (χ4v) is 0.530. The molecule has 0 heterocycles. The van der Waals surface area contributed by atoms with E-state index in [0.29, 0.717) is 0 Å². The molecule has 0 aromatic carbocycles. The summed E-state index contributed by atoms with van der Waals surface area (Å²) in [5.74, 6) is -1.06. The van der Waals surface area contributed by atoms with Crippen molar-refractivity contribution in [3.05, 3.63) is 0 Å². The molecule has 0 aromatic rings. The van der Waals surface area contributed by atoms with E-state index in [1.807, 2.05) is 0 Å². The Morgan fingerprint density at radius 3 is 2.33 bits per heavy atom. The molecule has 0 aliphatic rings. The molecule has 0 saturated carbocycles. The van der Waals surface area contributed by atoms with Gasteiger partial charge in [0.05, 0.1) is 6.61 Å². The zero-order valence-electron chi connectivity index (χ0n) is 4.51. The maximum atomic E-state index is 11.4. The summed E-state index contributed by atoms with van der Waals surface area (Å²) < 4.78 is 45.8. The van der Waals surface area contributed by atoms with Crippen LogP contribution in [0.4, 0.5) is 8.28 Å². The molecule has 0 saturated heterocycles. The number of halogens is 2. The highest BCUT2D eigenvalue weighted by atomic mass is 32.3. The van der Waals surface area contributed by atoms with Gasteiger partial charge >= 0.3 is 10.2 Å². The van der Waals surface area contributed by atoms with Crippen molar-refractivity contribution < 1.29 is 21.4 Å². The van der Waals surface area contributed by atoms with Gasteiger partial charge in [0.2, 0.25) is 0 Å². The number of hydrogen-bond acceptors (Lipinski definition) is 3. The van der Waals surface area contributed by atoms with Crippen LogP contribution in [0.25, 0.3) is 0 Å². The van der Waals surface area contributed by atoms with E-state index in [1.165, 1.54) is 0 Å². The predicted molar refractivity (Wildman–Crippen MR) is 26.8 cm³/mol. The lowest BCUT2D eigenvalue weighted by Gasteiger charge is -1.93. The fraction of sp³-hybridized carbons (Fsp3) is 1.00. The zero-order chi connectivity index (χ0) is 7.33. The summed E-state index contributed by atoms with van der Waals surface area (Å²) in [4.78, 5) is 0. The molecular weight excluding hydrogens is 154 g/mol. The van der Waals surface area contributed by atoms with Crippen LogP contribution in [0, 0.1) is 0 Å². The molecule has 0 unspecified atom stereocenters. The molecule has 6 heteroatoms. The van der Waals surface area contributed by atoms with Gasteiger partial charge in [-0.15, -0.1) is 3.89 Å². The highest BCUT2D eigenvalue weighted by molar-refractivity contribution is 7.86. The Balaban J connectivity index is 3.30. The van der Waals surface area contributed by atoms with E-state index in [9.17, 15) is 16.7 Å². The van der Waals surface area contributed by atoms with E-state index in [2.05, 4.69) is 4.74 Å². The molecule has 0 aliphatic carbocycles. The summed E-state index contributed by atoms with van der Waals surface area (Å²) in [5, 5.41) is 0. The molecular formula is C3H6F2O3S. The topological polar surface area (TPSA) is 43.4 Å². The van der Waals surface area contributed by atoms with Gasteiger partial charge in [0, 0.05) is 0 Å². The van der Waals surface area contributed by atoms with Crippen LogP contribution in [0.3, 0.4) is 0 Å². The monoisotopic (exact) mass is 160 g/mol. The predicted octanol–water partition coefficient (Wildman–Crippen LogP) is 0.229. The van der Waals surface area contributed by atoms with Crippen LogP contribution in [0.5, 0.6) is 0 Å². The SMILES string of the molecule is O=S(=O)(F)COCCF. The molecule has 9 heavy (non-hydrogen) atoms. The van der Waals surface area contributed by atoms with Crippen molar-refractivity contribution in [2.45, 2.75) is 0 Å².